The monoisotopic (exact) mass is 474 g/mol. The molecule has 2 saturated carbocycles. The normalized spacial score (nSPS) is 29.0. The minimum atomic E-state index is -4.17. The summed E-state index contributed by atoms with van der Waals surface area (Å²) < 4.78 is 38.4. The number of halogens is 3. The van der Waals surface area contributed by atoms with Gasteiger partial charge in [0.2, 0.25) is 0 Å². The summed E-state index contributed by atoms with van der Waals surface area (Å²) in [6.07, 6.45) is 0.863. The van der Waals surface area contributed by atoms with E-state index in [0.717, 1.165) is 36.0 Å². The van der Waals surface area contributed by atoms with Crippen molar-refractivity contribution in [1.29, 1.82) is 0 Å². The molecule has 1 aromatic carbocycles. The highest BCUT2D eigenvalue weighted by Crippen LogP contribution is 2.59. The van der Waals surface area contributed by atoms with Crippen LogP contribution in [0.25, 0.3) is 11.1 Å². The first-order chi connectivity index (χ1) is 16.1. The number of nitrogens with two attached hydrogens (primary N) is 1. The molecule has 1 saturated heterocycles. The summed E-state index contributed by atoms with van der Waals surface area (Å²) in [5.41, 5.74) is 8.80. The van der Waals surface area contributed by atoms with Crippen LogP contribution in [0.15, 0.2) is 36.5 Å². The van der Waals surface area contributed by atoms with Crippen LogP contribution in [0.5, 0.6) is 0 Å². The number of nitrogens with one attached hydrogen (secondary N) is 1. The molecule has 1 aliphatic heterocycles. The Labute approximate surface area is 196 Å². The molecule has 2 atom stereocenters. The van der Waals surface area contributed by atoms with Crippen LogP contribution in [-0.4, -0.2) is 58.9 Å². The average Bonchev–Trinajstić information content (AvgIpc) is 3.36. The molecule has 9 heteroatoms. The minimum absolute atomic E-state index is 0.00677. The van der Waals surface area contributed by atoms with Gasteiger partial charge in [0.15, 0.2) is 0 Å². The molecular weight excluding hydrogens is 445 g/mol. The standard InChI is InChI=1S/C25H29F3N4O2/c26-25(27,28)14-32-12-18-10-24(18,13-32)17-3-1-15(2-4-17)16-9-21(22(29)30-11-16)23(34)31-19-5-7-20(33)8-6-19/h1-4,9,11,18-20,33H,5-8,10,12-14H2,(H2,29,30)(H,31,34)/t18-,19?,20?,24+/m1/s1. The van der Waals surface area contributed by atoms with Crippen molar-refractivity contribution in [2.24, 2.45) is 5.92 Å². The van der Waals surface area contributed by atoms with Crippen LogP contribution in [0.1, 0.15) is 48.0 Å². The SMILES string of the molecule is Nc1ncc(-c2ccc([C@@]34C[C@@H]3CN(CC(F)(F)F)C4)cc2)cc1C(=O)NC1CCC(O)CC1. The largest absolute Gasteiger partial charge is 0.401 e. The van der Waals surface area contributed by atoms with Gasteiger partial charge in [-0.2, -0.15) is 13.2 Å². The van der Waals surface area contributed by atoms with Crippen LogP contribution in [-0.2, 0) is 5.41 Å². The fraction of sp³-hybridized carbons (Fsp3) is 0.520. The molecule has 0 spiro atoms. The molecule has 34 heavy (non-hydrogen) atoms. The molecule has 0 radical (unpaired) electrons. The van der Waals surface area contributed by atoms with Gasteiger partial charge in [-0.3, -0.25) is 9.69 Å². The van der Waals surface area contributed by atoms with Crippen molar-refractivity contribution in [3.63, 3.8) is 0 Å². The zero-order valence-corrected chi connectivity index (χ0v) is 18.8. The van der Waals surface area contributed by atoms with E-state index in [2.05, 4.69) is 10.3 Å². The summed E-state index contributed by atoms with van der Waals surface area (Å²) in [5.74, 6) is 0.152. The lowest BCUT2D eigenvalue weighted by Gasteiger charge is -2.26. The number of hydrogen-bond donors (Lipinski definition) is 3. The quantitative estimate of drug-likeness (QED) is 0.617. The zero-order valence-electron chi connectivity index (χ0n) is 18.8. The molecule has 3 aliphatic rings. The smallest absolute Gasteiger partial charge is 0.393 e. The maximum absolute atomic E-state index is 12.8. The van der Waals surface area contributed by atoms with E-state index in [-0.39, 0.29) is 35.2 Å². The number of aliphatic hydroxyl groups excluding tert-OH is 1. The number of fused-ring (bicyclic) bond motifs is 1. The lowest BCUT2D eigenvalue weighted by molar-refractivity contribution is -0.144. The molecule has 182 valence electrons. The molecule has 6 nitrogen and oxygen atoms in total. The summed E-state index contributed by atoms with van der Waals surface area (Å²) >= 11 is 0. The predicted octanol–water partition coefficient (Wildman–Crippen LogP) is 3.50. The van der Waals surface area contributed by atoms with E-state index in [0.29, 0.717) is 31.5 Å². The third-order valence-corrected chi connectivity index (χ3v) is 7.61. The summed E-state index contributed by atoms with van der Waals surface area (Å²) in [4.78, 5) is 18.5. The molecule has 4 N–H and O–H groups in total. The Hall–Kier alpha value is -2.65. The van der Waals surface area contributed by atoms with E-state index < -0.39 is 12.7 Å². The predicted molar refractivity (Wildman–Crippen MR) is 122 cm³/mol. The number of alkyl halides is 3. The van der Waals surface area contributed by atoms with E-state index >= 15 is 0 Å². The third-order valence-electron chi connectivity index (χ3n) is 7.61. The fourth-order valence-corrected chi connectivity index (χ4v) is 5.70. The first kappa shape index (κ1) is 23.1. The van der Waals surface area contributed by atoms with Crippen LogP contribution < -0.4 is 11.1 Å². The van der Waals surface area contributed by atoms with Gasteiger partial charge in [-0.25, -0.2) is 4.98 Å². The maximum atomic E-state index is 12.8. The van der Waals surface area contributed by atoms with Crippen molar-refractivity contribution in [2.45, 2.75) is 55.8 Å². The van der Waals surface area contributed by atoms with Crippen LogP contribution in [0, 0.1) is 5.92 Å². The van der Waals surface area contributed by atoms with E-state index in [1.807, 2.05) is 24.3 Å². The molecule has 1 aromatic heterocycles. The summed E-state index contributed by atoms with van der Waals surface area (Å²) in [6.45, 7) is 0.0662. The van der Waals surface area contributed by atoms with Crippen molar-refractivity contribution >= 4 is 11.7 Å². The van der Waals surface area contributed by atoms with Crippen LogP contribution >= 0.6 is 0 Å². The molecule has 3 fully saturated rings. The summed E-state index contributed by atoms with van der Waals surface area (Å²) in [7, 11) is 0. The van der Waals surface area contributed by atoms with E-state index in [1.54, 1.807) is 12.3 Å². The van der Waals surface area contributed by atoms with Gasteiger partial charge in [0.25, 0.3) is 5.91 Å². The Kier molecular flexibility index (Phi) is 5.80. The average molecular weight is 475 g/mol. The third kappa shape index (κ3) is 4.63. The van der Waals surface area contributed by atoms with Gasteiger partial charge in [-0.15, -0.1) is 0 Å². The van der Waals surface area contributed by atoms with E-state index in [9.17, 15) is 23.1 Å². The zero-order chi connectivity index (χ0) is 24.1. The number of piperidine rings is 1. The Morgan fingerprint density at radius 1 is 1.18 bits per heavy atom. The van der Waals surface area contributed by atoms with Crippen LogP contribution in [0.3, 0.4) is 0 Å². The second kappa shape index (κ2) is 8.53. The lowest BCUT2D eigenvalue weighted by atomic mass is 9.92. The van der Waals surface area contributed by atoms with Crippen molar-refractivity contribution in [3.05, 3.63) is 47.7 Å². The number of amides is 1. The number of anilines is 1. The second-order valence-electron chi connectivity index (χ2n) is 10.1. The number of likely N-dealkylation sites (tertiary alicyclic amines) is 1. The number of carbonyl (C=O) groups excluding carboxylic acids is 1. The number of benzene rings is 1. The van der Waals surface area contributed by atoms with Gasteiger partial charge in [-0.1, -0.05) is 24.3 Å². The Morgan fingerprint density at radius 3 is 2.56 bits per heavy atom. The Bertz CT molecular complexity index is 1070. The Balaban J connectivity index is 1.28. The van der Waals surface area contributed by atoms with Gasteiger partial charge in [-0.05, 0) is 55.2 Å². The molecular formula is C25H29F3N4O2. The lowest BCUT2D eigenvalue weighted by Crippen LogP contribution is -2.38. The number of aliphatic hydroxyl groups is 1. The molecule has 5 rings (SSSR count). The number of rotatable bonds is 5. The minimum Gasteiger partial charge on any atom is -0.393 e. The van der Waals surface area contributed by atoms with Gasteiger partial charge < -0.3 is 16.2 Å². The first-order valence-corrected chi connectivity index (χ1v) is 11.8. The fourth-order valence-electron chi connectivity index (χ4n) is 5.70. The number of nitrogens with zero attached hydrogens (tertiary/aromatic N) is 2. The van der Waals surface area contributed by atoms with Crippen molar-refractivity contribution in [3.8, 4) is 11.1 Å². The van der Waals surface area contributed by atoms with Crippen LogP contribution in [0.4, 0.5) is 19.0 Å². The van der Waals surface area contributed by atoms with Gasteiger partial charge >= 0.3 is 6.18 Å². The van der Waals surface area contributed by atoms with Crippen molar-refractivity contribution in [2.75, 3.05) is 25.4 Å². The number of nitrogen functional groups attached to an aromatic ring is 1. The van der Waals surface area contributed by atoms with Gasteiger partial charge in [0, 0.05) is 36.3 Å². The highest BCUT2D eigenvalue weighted by atomic mass is 19.4. The van der Waals surface area contributed by atoms with Crippen molar-refractivity contribution in [1.82, 2.24) is 15.2 Å². The highest BCUT2D eigenvalue weighted by Gasteiger charge is 2.61. The number of carbonyl (C=O) groups is 1. The molecule has 1 amide bonds. The van der Waals surface area contributed by atoms with Crippen molar-refractivity contribution < 1.29 is 23.1 Å². The molecule has 0 unspecified atom stereocenters. The molecule has 2 aromatic rings. The molecule has 2 aliphatic carbocycles. The summed E-state index contributed by atoms with van der Waals surface area (Å²) in [5, 5.41) is 12.7. The molecule has 2 heterocycles. The van der Waals surface area contributed by atoms with E-state index in [4.69, 9.17) is 5.73 Å². The summed E-state index contributed by atoms with van der Waals surface area (Å²) in [6, 6.07) is 9.56. The van der Waals surface area contributed by atoms with Gasteiger partial charge in [0.1, 0.15) is 5.82 Å². The first-order valence-electron chi connectivity index (χ1n) is 11.8. The van der Waals surface area contributed by atoms with Gasteiger partial charge in [0.05, 0.1) is 18.2 Å². The topological polar surface area (TPSA) is 91.5 Å². The van der Waals surface area contributed by atoms with E-state index in [1.165, 1.54) is 4.90 Å². The maximum Gasteiger partial charge on any atom is 0.401 e. The highest BCUT2D eigenvalue weighted by molar-refractivity contribution is 5.99. The number of pyridine rings is 1. The number of aromatic nitrogens is 1. The second-order valence-corrected chi connectivity index (χ2v) is 10.1. The molecule has 0 bridgehead atoms. The Morgan fingerprint density at radius 2 is 1.88 bits per heavy atom. The number of hydrogen-bond acceptors (Lipinski definition) is 5. The van der Waals surface area contributed by atoms with Crippen LogP contribution in [0.2, 0.25) is 0 Å².